The van der Waals surface area contributed by atoms with Gasteiger partial charge in [0.05, 0.1) is 6.42 Å². The van der Waals surface area contributed by atoms with E-state index >= 15 is 0 Å². The summed E-state index contributed by atoms with van der Waals surface area (Å²) in [6, 6.07) is 7.57. The van der Waals surface area contributed by atoms with E-state index in [1.165, 1.54) is 6.33 Å². The molecule has 0 aliphatic rings. The number of nitrogens with zero attached hydrogens (tertiary/aromatic N) is 3. The van der Waals surface area contributed by atoms with Gasteiger partial charge in [-0.15, -0.1) is 0 Å². The number of rotatable bonds is 3. The van der Waals surface area contributed by atoms with Crippen LogP contribution in [0.1, 0.15) is 21.7 Å². The third-order valence-electron chi connectivity index (χ3n) is 2.57. The van der Waals surface area contributed by atoms with Crippen molar-refractivity contribution in [2.75, 3.05) is 0 Å². The van der Waals surface area contributed by atoms with Gasteiger partial charge in [0.15, 0.2) is 5.78 Å². The fourth-order valence-corrected chi connectivity index (χ4v) is 1.60. The van der Waals surface area contributed by atoms with Gasteiger partial charge in [0, 0.05) is 12.6 Å². The molecule has 82 valence electrons. The quantitative estimate of drug-likeness (QED) is 0.730. The van der Waals surface area contributed by atoms with Crippen molar-refractivity contribution in [2.24, 2.45) is 7.05 Å². The Morgan fingerprint density at radius 3 is 2.75 bits per heavy atom. The molecule has 0 bridgehead atoms. The number of carbonyl (C=O) groups is 1. The van der Waals surface area contributed by atoms with Gasteiger partial charge < -0.3 is 0 Å². The molecule has 2 aromatic rings. The van der Waals surface area contributed by atoms with Crippen molar-refractivity contribution in [3.05, 3.63) is 47.5 Å². The number of hydrogen-bond acceptors (Lipinski definition) is 3. The molecule has 0 saturated heterocycles. The lowest BCUT2D eigenvalue weighted by Gasteiger charge is -2.03. The van der Waals surface area contributed by atoms with Crippen LogP contribution in [0.2, 0.25) is 0 Å². The summed E-state index contributed by atoms with van der Waals surface area (Å²) in [6.07, 6.45) is 1.75. The number of ketones is 1. The highest BCUT2D eigenvalue weighted by atomic mass is 16.1. The molecule has 0 saturated carbocycles. The Kier molecular flexibility index (Phi) is 2.81. The maximum absolute atomic E-state index is 12.0. The van der Waals surface area contributed by atoms with Gasteiger partial charge in [-0.2, -0.15) is 5.10 Å². The first-order valence-corrected chi connectivity index (χ1v) is 5.10. The van der Waals surface area contributed by atoms with Gasteiger partial charge >= 0.3 is 0 Å². The van der Waals surface area contributed by atoms with Gasteiger partial charge in [-0.05, 0) is 12.5 Å². The van der Waals surface area contributed by atoms with Gasteiger partial charge in [0.1, 0.15) is 12.2 Å². The van der Waals surface area contributed by atoms with Crippen molar-refractivity contribution in [2.45, 2.75) is 13.3 Å². The van der Waals surface area contributed by atoms with Crippen LogP contribution in [-0.2, 0) is 13.5 Å². The molecule has 4 heteroatoms. The molecule has 0 aliphatic heterocycles. The third-order valence-corrected chi connectivity index (χ3v) is 2.57. The minimum absolute atomic E-state index is 0.0780. The SMILES string of the molecule is Cc1ccccc1C(=O)Cc1ncnn1C. The Bertz CT molecular complexity index is 516. The molecular formula is C12H13N3O. The molecule has 1 aromatic heterocycles. The Hall–Kier alpha value is -1.97. The molecule has 2 rings (SSSR count). The summed E-state index contributed by atoms with van der Waals surface area (Å²) in [5.41, 5.74) is 1.75. The van der Waals surface area contributed by atoms with Crippen molar-refractivity contribution in [1.82, 2.24) is 14.8 Å². The molecule has 0 radical (unpaired) electrons. The van der Waals surface area contributed by atoms with Gasteiger partial charge in [0.25, 0.3) is 0 Å². The Balaban J connectivity index is 2.22. The van der Waals surface area contributed by atoms with E-state index in [1.54, 1.807) is 11.7 Å². The van der Waals surface area contributed by atoms with Crippen LogP contribution in [0.3, 0.4) is 0 Å². The monoisotopic (exact) mass is 215 g/mol. The molecule has 1 heterocycles. The second kappa shape index (κ2) is 4.26. The zero-order chi connectivity index (χ0) is 11.5. The molecule has 0 amide bonds. The van der Waals surface area contributed by atoms with E-state index in [0.29, 0.717) is 12.2 Å². The van der Waals surface area contributed by atoms with Crippen LogP contribution in [0.4, 0.5) is 0 Å². The van der Waals surface area contributed by atoms with E-state index in [1.807, 2.05) is 31.2 Å². The molecule has 0 spiro atoms. The van der Waals surface area contributed by atoms with Crippen LogP contribution in [0.5, 0.6) is 0 Å². The lowest BCUT2D eigenvalue weighted by atomic mass is 10.0. The molecule has 16 heavy (non-hydrogen) atoms. The third kappa shape index (κ3) is 2.00. The van der Waals surface area contributed by atoms with E-state index < -0.39 is 0 Å². The smallest absolute Gasteiger partial charge is 0.170 e. The van der Waals surface area contributed by atoms with E-state index in [4.69, 9.17) is 0 Å². The van der Waals surface area contributed by atoms with E-state index in [-0.39, 0.29) is 5.78 Å². The van der Waals surface area contributed by atoms with Gasteiger partial charge in [0.2, 0.25) is 0 Å². The van der Waals surface area contributed by atoms with Crippen LogP contribution < -0.4 is 0 Å². The molecular weight excluding hydrogens is 202 g/mol. The van der Waals surface area contributed by atoms with E-state index in [0.717, 1.165) is 11.1 Å². The number of aryl methyl sites for hydroxylation is 2. The molecule has 0 aliphatic carbocycles. The first kappa shape index (κ1) is 10.5. The molecule has 0 atom stereocenters. The van der Waals surface area contributed by atoms with E-state index in [9.17, 15) is 4.79 Å². The second-order valence-electron chi connectivity index (χ2n) is 3.71. The standard InChI is InChI=1S/C12H13N3O/c1-9-5-3-4-6-10(9)11(16)7-12-13-8-14-15(12)2/h3-6,8H,7H2,1-2H3. The maximum Gasteiger partial charge on any atom is 0.170 e. The molecule has 0 fully saturated rings. The zero-order valence-electron chi connectivity index (χ0n) is 9.34. The topological polar surface area (TPSA) is 47.8 Å². The second-order valence-corrected chi connectivity index (χ2v) is 3.71. The number of benzene rings is 1. The zero-order valence-corrected chi connectivity index (χ0v) is 9.34. The first-order chi connectivity index (χ1) is 7.68. The highest BCUT2D eigenvalue weighted by Crippen LogP contribution is 2.10. The highest BCUT2D eigenvalue weighted by Gasteiger charge is 2.12. The van der Waals surface area contributed by atoms with E-state index in [2.05, 4.69) is 10.1 Å². The van der Waals surface area contributed by atoms with Crippen molar-refractivity contribution in [1.29, 1.82) is 0 Å². The summed E-state index contributed by atoms with van der Waals surface area (Å²) in [5, 5.41) is 3.94. The lowest BCUT2D eigenvalue weighted by molar-refractivity contribution is 0.0989. The molecule has 4 nitrogen and oxygen atoms in total. The molecule has 0 N–H and O–H groups in total. The Labute approximate surface area is 93.9 Å². The summed E-state index contributed by atoms with van der Waals surface area (Å²) >= 11 is 0. The van der Waals surface area contributed by atoms with Gasteiger partial charge in [-0.3, -0.25) is 9.48 Å². The number of aromatic nitrogens is 3. The number of Topliss-reactive ketones (excluding diaryl/α,β-unsaturated/α-hetero) is 1. The van der Waals surface area contributed by atoms with Gasteiger partial charge in [-0.25, -0.2) is 4.98 Å². The van der Waals surface area contributed by atoms with Crippen molar-refractivity contribution in [3.8, 4) is 0 Å². The molecule has 0 unspecified atom stereocenters. The molecule has 1 aromatic carbocycles. The largest absolute Gasteiger partial charge is 0.294 e. The summed E-state index contributed by atoms with van der Waals surface area (Å²) in [5.74, 6) is 0.766. The number of hydrogen-bond donors (Lipinski definition) is 0. The minimum atomic E-state index is 0.0780. The summed E-state index contributed by atoms with van der Waals surface area (Å²) < 4.78 is 1.62. The predicted octanol–water partition coefficient (Wildman–Crippen LogP) is 1.55. The average molecular weight is 215 g/mol. The van der Waals surface area contributed by atoms with Crippen LogP contribution in [0.25, 0.3) is 0 Å². The van der Waals surface area contributed by atoms with Crippen molar-refractivity contribution < 1.29 is 4.79 Å². The first-order valence-electron chi connectivity index (χ1n) is 5.10. The fourth-order valence-electron chi connectivity index (χ4n) is 1.60. The van der Waals surface area contributed by atoms with Crippen LogP contribution >= 0.6 is 0 Å². The lowest BCUT2D eigenvalue weighted by Crippen LogP contribution is -2.10. The highest BCUT2D eigenvalue weighted by molar-refractivity contribution is 5.98. The minimum Gasteiger partial charge on any atom is -0.294 e. The van der Waals surface area contributed by atoms with Crippen molar-refractivity contribution in [3.63, 3.8) is 0 Å². The van der Waals surface area contributed by atoms with Crippen LogP contribution in [-0.4, -0.2) is 20.5 Å². The average Bonchev–Trinajstić information content (AvgIpc) is 2.65. The summed E-state index contributed by atoms with van der Waals surface area (Å²) in [7, 11) is 1.79. The van der Waals surface area contributed by atoms with Crippen LogP contribution in [0.15, 0.2) is 30.6 Å². The normalized spacial score (nSPS) is 10.4. The Morgan fingerprint density at radius 2 is 2.12 bits per heavy atom. The fraction of sp³-hybridized carbons (Fsp3) is 0.250. The van der Waals surface area contributed by atoms with Gasteiger partial charge in [-0.1, -0.05) is 24.3 Å². The predicted molar refractivity (Wildman–Crippen MR) is 60.2 cm³/mol. The van der Waals surface area contributed by atoms with Crippen LogP contribution in [0, 0.1) is 6.92 Å². The summed E-state index contributed by atoms with van der Waals surface area (Å²) in [4.78, 5) is 16.0. The Morgan fingerprint density at radius 1 is 1.38 bits per heavy atom. The maximum atomic E-state index is 12.0. The number of carbonyl (C=O) groups excluding carboxylic acids is 1. The summed E-state index contributed by atoms with van der Waals surface area (Å²) in [6.45, 7) is 1.93. The van der Waals surface area contributed by atoms with Crippen molar-refractivity contribution >= 4 is 5.78 Å².